The highest BCUT2D eigenvalue weighted by molar-refractivity contribution is 6.09. The second-order valence-electron chi connectivity index (χ2n) is 5.21. The van der Waals surface area contributed by atoms with Gasteiger partial charge >= 0.3 is 0 Å². The quantitative estimate of drug-likeness (QED) is 0.348. The van der Waals surface area contributed by atoms with Crippen LogP contribution < -0.4 is 17.2 Å². The number of aliphatic hydroxyl groups is 3. The van der Waals surface area contributed by atoms with Gasteiger partial charge in [0.25, 0.3) is 5.91 Å². The second-order valence-corrected chi connectivity index (χ2v) is 5.21. The molecule has 0 aromatic carbocycles. The summed E-state index contributed by atoms with van der Waals surface area (Å²) in [6, 6.07) is 0. The summed E-state index contributed by atoms with van der Waals surface area (Å²) in [5.41, 5.74) is 16.8. The van der Waals surface area contributed by atoms with Crippen molar-refractivity contribution in [3.05, 3.63) is 11.8 Å². The number of nitrogens with two attached hydrogens (primary N) is 3. The predicted molar refractivity (Wildman–Crippen MR) is 77.9 cm³/mol. The number of primary amides is 1. The molecule has 0 aliphatic carbocycles. The molecule has 1 fully saturated rings. The highest BCUT2D eigenvalue weighted by Gasteiger charge is 2.44. The van der Waals surface area contributed by atoms with Gasteiger partial charge in [0.2, 0.25) is 5.95 Å². The van der Waals surface area contributed by atoms with E-state index in [2.05, 4.69) is 9.97 Å². The fourth-order valence-corrected chi connectivity index (χ4v) is 2.68. The monoisotopic (exact) mass is 324 g/mol. The first-order chi connectivity index (χ1) is 10.8. The largest absolute Gasteiger partial charge is 0.394 e. The number of nitrogen functional groups attached to an aromatic ring is 2. The molecule has 3 rings (SSSR count). The number of rotatable bonds is 3. The fraction of sp³-hybridized carbons (Fsp3) is 0.417. The third-order valence-electron chi connectivity index (χ3n) is 3.77. The maximum Gasteiger partial charge on any atom is 0.251 e. The number of hydrogen-bond acceptors (Lipinski definition) is 9. The molecule has 4 atom stereocenters. The van der Waals surface area contributed by atoms with E-state index in [0.717, 1.165) is 0 Å². The Morgan fingerprint density at radius 2 is 2.00 bits per heavy atom. The average Bonchev–Trinajstić information content (AvgIpc) is 2.99. The van der Waals surface area contributed by atoms with E-state index < -0.39 is 37.1 Å². The second kappa shape index (κ2) is 5.31. The molecule has 1 aliphatic rings. The summed E-state index contributed by atoms with van der Waals surface area (Å²) in [4.78, 5) is 19.4. The van der Waals surface area contributed by atoms with Crippen LogP contribution in [0.2, 0.25) is 0 Å². The van der Waals surface area contributed by atoms with Crippen molar-refractivity contribution in [2.75, 3.05) is 18.1 Å². The molecule has 11 heteroatoms. The standard InChI is InChI=1S/C12H16N6O5/c13-8-5-3(9(14)22)1-18(10(5)17-12(15)16-8)11-7(21)6(20)4(2-19)23-11/h1,4,6-7,11,19-21H,2H2,(H2,14,22)(H4,13,15,16,17)/t4-,6-,7-,11-/m1/s1. The van der Waals surface area contributed by atoms with Crippen molar-refractivity contribution in [1.29, 1.82) is 0 Å². The number of hydrogen-bond donors (Lipinski definition) is 6. The van der Waals surface area contributed by atoms with Crippen LogP contribution in [0.5, 0.6) is 0 Å². The maximum absolute atomic E-state index is 11.6. The lowest BCUT2D eigenvalue weighted by Gasteiger charge is -2.17. The summed E-state index contributed by atoms with van der Waals surface area (Å²) < 4.78 is 6.71. The zero-order valence-electron chi connectivity index (χ0n) is 11.8. The van der Waals surface area contributed by atoms with Gasteiger partial charge in [-0.25, -0.2) is 0 Å². The molecule has 0 saturated carbocycles. The molecule has 1 amide bonds. The third-order valence-corrected chi connectivity index (χ3v) is 3.77. The van der Waals surface area contributed by atoms with Gasteiger partial charge in [-0.2, -0.15) is 9.97 Å². The molecular formula is C12H16N6O5. The third kappa shape index (κ3) is 2.26. The molecule has 1 aliphatic heterocycles. The molecule has 11 nitrogen and oxygen atoms in total. The van der Waals surface area contributed by atoms with Gasteiger partial charge in [-0.05, 0) is 0 Å². The van der Waals surface area contributed by atoms with Gasteiger partial charge in [0.1, 0.15) is 24.1 Å². The summed E-state index contributed by atoms with van der Waals surface area (Å²) in [6.07, 6.45) is -3.47. The van der Waals surface area contributed by atoms with Crippen LogP contribution in [-0.2, 0) is 4.74 Å². The number of aromatic nitrogens is 3. The van der Waals surface area contributed by atoms with Crippen molar-refractivity contribution in [2.24, 2.45) is 5.73 Å². The number of aliphatic hydroxyl groups excluding tert-OH is 3. The summed E-state index contributed by atoms with van der Waals surface area (Å²) >= 11 is 0. The van der Waals surface area contributed by atoms with Crippen molar-refractivity contribution in [3.8, 4) is 0 Å². The highest BCUT2D eigenvalue weighted by Crippen LogP contribution is 2.34. The Hall–Kier alpha value is -2.47. The molecule has 0 bridgehead atoms. The zero-order chi connectivity index (χ0) is 16.9. The van der Waals surface area contributed by atoms with Crippen LogP contribution in [0.3, 0.4) is 0 Å². The van der Waals surface area contributed by atoms with E-state index in [1.165, 1.54) is 10.8 Å². The van der Waals surface area contributed by atoms with Crippen LogP contribution in [0.15, 0.2) is 6.20 Å². The lowest BCUT2D eigenvalue weighted by atomic mass is 10.1. The Bertz CT molecular complexity index is 777. The van der Waals surface area contributed by atoms with E-state index in [0.29, 0.717) is 0 Å². The highest BCUT2D eigenvalue weighted by atomic mass is 16.6. The lowest BCUT2D eigenvalue weighted by molar-refractivity contribution is -0.0508. The first-order valence-electron chi connectivity index (χ1n) is 6.71. The van der Waals surface area contributed by atoms with Crippen LogP contribution in [0.25, 0.3) is 11.0 Å². The summed E-state index contributed by atoms with van der Waals surface area (Å²) in [5, 5.41) is 29.3. The van der Waals surface area contributed by atoms with Crippen molar-refractivity contribution in [2.45, 2.75) is 24.5 Å². The first kappa shape index (κ1) is 15.4. The number of ether oxygens (including phenoxy) is 1. The topological polar surface area (TPSA) is 196 Å². The maximum atomic E-state index is 11.6. The minimum atomic E-state index is -1.36. The Balaban J connectivity index is 2.20. The van der Waals surface area contributed by atoms with Crippen LogP contribution >= 0.6 is 0 Å². The minimum absolute atomic E-state index is 0.0234. The van der Waals surface area contributed by atoms with Crippen LogP contribution in [0, 0.1) is 0 Å². The van der Waals surface area contributed by atoms with Gasteiger partial charge in [0.05, 0.1) is 17.6 Å². The number of fused-ring (bicyclic) bond motifs is 1. The van der Waals surface area contributed by atoms with E-state index >= 15 is 0 Å². The molecule has 124 valence electrons. The number of amides is 1. The zero-order valence-corrected chi connectivity index (χ0v) is 11.8. The fourth-order valence-electron chi connectivity index (χ4n) is 2.68. The summed E-state index contributed by atoms with van der Waals surface area (Å²) in [7, 11) is 0. The Labute approximate surface area is 129 Å². The van der Waals surface area contributed by atoms with E-state index in [9.17, 15) is 15.0 Å². The molecule has 2 aromatic rings. The van der Waals surface area contributed by atoms with Gasteiger partial charge in [-0.3, -0.25) is 4.79 Å². The number of carbonyl (C=O) groups excluding carboxylic acids is 1. The molecule has 0 radical (unpaired) electrons. The van der Waals surface area contributed by atoms with E-state index in [-0.39, 0.29) is 28.4 Å². The van der Waals surface area contributed by atoms with E-state index in [1.54, 1.807) is 0 Å². The number of nitrogens with zero attached hydrogens (tertiary/aromatic N) is 3. The Morgan fingerprint density at radius 1 is 1.30 bits per heavy atom. The summed E-state index contributed by atoms with van der Waals surface area (Å²) in [5.74, 6) is -0.968. The van der Waals surface area contributed by atoms with E-state index in [4.69, 9.17) is 27.0 Å². The molecule has 1 saturated heterocycles. The molecule has 0 unspecified atom stereocenters. The molecule has 0 spiro atoms. The lowest BCUT2D eigenvalue weighted by Crippen LogP contribution is -2.33. The predicted octanol–water partition coefficient (Wildman–Crippen LogP) is -2.69. The van der Waals surface area contributed by atoms with Gasteiger partial charge < -0.3 is 41.8 Å². The normalized spacial score (nSPS) is 27.6. The van der Waals surface area contributed by atoms with Gasteiger partial charge in [0, 0.05) is 6.20 Å². The van der Waals surface area contributed by atoms with Crippen molar-refractivity contribution in [1.82, 2.24) is 14.5 Å². The molecule has 23 heavy (non-hydrogen) atoms. The Morgan fingerprint density at radius 3 is 2.57 bits per heavy atom. The smallest absolute Gasteiger partial charge is 0.251 e. The van der Waals surface area contributed by atoms with E-state index in [1.807, 2.05) is 0 Å². The van der Waals surface area contributed by atoms with Crippen LogP contribution in [0.1, 0.15) is 16.6 Å². The molecule has 9 N–H and O–H groups in total. The van der Waals surface area contributed by atoms with Crippen molar-refractivity contribution < 1.29 is 24.9 Å². The summed E-state index contributed by atoms with van der Waals surface area (Å²) in [6.45, 7) is -0.490. The van der Waals surface area contributed by atoms with Gasteiger partial charge in [-0.1, -0.05) is 0 Å². The number of carbonyl (C=O) groups is 1. The van der Waals surface area contributed by atoms with Gasteiger partial charge in [-0.15, -0.1) is 0 Å². The van der Waals surface area contributed by atoms with Crippen molar-refractivity contribution in [3.63, 3.8) is 0 Å². The first-order valence-corrected chi connectivity index (χ1v) is 6.71. The van der Waals surface area contributed by atoms with Crippen LogP contribution in [-0.4, -0.2) is 60.7 Å². The van der Waals surface area contributed by atoms with Crippen molar-refractivity contribution >= 4 is 28.7 Å². The number of anilines is 2. The molecule has 2 aromatic heterocycles. The minimum Gasteiger partial charge on any atom is -0.394 e. The molecular weight excluding hydrogens is 308 g/mol. The Kier molecular flexibility index (Phi) is 3.56. The average molecular weight is 324 g/mol. The van der Waals surface area contributed by atoms with Gasteiger partial charge in [0.15, 0.2) is 11.9 Å². The molecule has 3 heterocycles. The van der Waals surface area contributed by atoms with Crippen LogP contribution in [0.4, 0.5) is 11.8 Å². The SMILES string of the molecule is NC(=O)c1cn([C@@H]2O[C@H](CO)[C@@H](O)[C@H]2O)c2nc(N)nc(N)c12.